The largest absolute Gasteiger partial charge is 0.518 e. The molecule has 0 aliphatic carbocycles. The van der Waals surface area contributed by atoms with Crippen molar-refractivity contribution in [3.8, 4) is 0 Å². The van der Waals surface area contributed by atoms with Gasteiger partial charge in [0.2, 0.25) is 0 Å². The van der Waals surface area contributed by atoms with Crippen molar-refractivity contribution in [2.45, 2.75) is 13.0 Å². The first-order valence-electron chi connectivity index (χ1n) is 5.14. The third kappa shape index (κ3) is 3.57. The van der Waals surface area contributed by atoms with Crippen LogP contribution in [0.25, 0.3) is 0 Å². The van der Waals surface area contributed by atoms with E-state index in [2.05, 4.69) is 4.42 Å². The Balaban J connectivity index is 1.73. The van der Waals surface area contributed by atoms with Crippen LogP contribution in [0.4, 0.5) is 4.39 Å². The van der Waals surface area contributed by atoms with Gasteiger partial charge in [-0.15, -0.1) is 0 Å². The maximum atomic E-state index is 12.6. The number of hydrogen-bond acceptors (Lipinski definition) is 4. The predicted molar refractivity (Wildman–Crippen MR) is 57.0 cm³/mol. The standard InChI is InChI=1S/C12H11FO4/c13-10-3-1-9(2-4-10)7-15-6-5-11-8-16-12(14)17-11/h1-4,8H,5-7H2. The predicted octanol–water partition coefficient (Wildman–Crippen LogP) is 2.13. The number of halogens is 1. The molecule has 0 saturated carbocycles. The van der Waals surface area contributed by atoms with Crippen LogP contribution in [0.2, 0.25) is 0 Å². The van der Waals surface area contributed by atoms with Gasteiger partial charge in [0.15, 0.2) is 0 Å². The number of benzene rings is 1. The van der Waals surface area contributed by atoms with Crippen molar-refractivity contribution in [3.05, 3.63) is 58.3 Å². The third-order valence-electron chi connectivity index (χ3n) is 2.18. The second kappa shape index (κ2) is 5.45. The lowest BCUT2D eigenvalue weighted by Crippen LogP contribution is -1.99. The Kier molecular flexibility index (Phi) is 3.72. The van der Waals surface area contributed by atoms with Gasteiger partial charge in [0.1, 0.15) is 17.8 Å². The summed E-state index contributed by atoms with van der Waals surface area (Å²) in [5.41, 5.74) is 0.889. The Morgan fingerprint density at radius 3 is 2.65 bits per heavy atom. The third-order valence-corrected chi connectivity index (χ3v) is 2.18. The number of ether oxygens (including phenoxy) is 1. The van der Waals surface area contributed by atoms with E-state index >= 15 is 0 Å². The molecule has 0 fully saturated rings. The molecule has 4 nitrogen and oxygen atoms in total. The smallest absolute Gasteiger partial charge is 0.399 e. The molecular formula is C12H11FO4. The second-order valence-corrected chi connectivity index (χ2v) is 3.48. The highest BCUT2D eigenvalue weighted by atomic mass is 19.1. The molecule has 0 radical (unpaired) electrons. The van der Waals surface area contributed by atoms with Crippen molar-refractivity contribution in [2.75, 3.05) is 6.61 Å². The van der Waals surface area contributed by atoms with Gasteiger partial charge in [-0.2, -0.15) is 0 Å². The molecule has 1 aromatic heterocycles. The molecule has 0 aliphatic heterocycles. The quantitative estimate of drug-likeness (QED) is 0.749. The van der Waals surface area contributed by atoms with Crippen molar-refractivity contribution in [1.82, 2.24) is 0 Å². The average molecular weight is 238 g/mol. The van der Waals surface area contributed by atoms with Gasteiger partial charge < -0.3 is 13.6 Å². The lowest BCUT2D eigenvalue weighted by molar-refractivity contribution is 0.120. The fourth-order valence-corrected chi connectivity index (χ4v) is 1.32. The first-order chi connectivity index (χ1) is 8.24. The van der Waals surface area contributed by atoms with Crippen LogP contribution in [0, 0.1) is 5.82 Å². The van der Waals surface area contributed by atoms with Crippen LogP contribution >= 0.6 is 0 Å². The van der Waals surface area contributed by atoms with Gasteiger partial charge in [0.05, 0.1) is 13.2 Å². The zero-order valence-electron chi connectivity index (χ0n) is 9.02. The molecule has 1 heterocycles. The molecule has 2 rings (SSSR count). The molecule has 17 heavy (non-hydrogen) atoms. The van der Waals surface area contributed by atoms with Crippen molar-refractivity contribution < 1.29 is 18.0 Å². The Morgan fingerprint density at radius 1 is 1.24 bits per heavy atom. The average Bonchev–Trinajstić information content (AvgIpc) is 2.73. The van der Waals surface area contributed by atoms with Crippen molar-refractivity contribution in [2.24, 2.45) is 0 Å². The molecule has 0 spiro atoms. The van der Waals surface area contributed by atoms with E-state index in [1.165, 1.54) is 18.4 Å². The van der Waals surface area contributed by atoms with E-state index in [1.54, 1.807) is 12.1 Å². The fraction of sp³-hybridized carbons (Fsp3) is 0.250. The normalized spacial score (nSPS) is 10.6. The van der Waals surface area contributed by atoms with Crippen LogP contribution in [0.1, 0.15) is 11.3 Å². The Bertz CT molecular complexity index is 512. The molecule has 0 N–H and O–H groups in total. The molecule has 1 aromatic carbocycles. The molecule has 5 heteroatoms. The molecule has 0 unspecified atom stereocenters. The van der Waals surface area contributed by atoms with Gasteiger partial charge in [-0.25, -0.2) is 9.18 Å². The molecule has 90 valence electrons. The van der Waals surface area contributed by atoms with E-state index < -0.39 is 5.82 Å². The summed E-state index contributed by atoms with van der Waals surface area (Å²) in [5.74, 6) is -0.526. The molecule has 0 aliphatic rings. The van der Waals surface area contributed by atoms with Crippen molar-refractivity contribution >= 4 is 0 Å². The van der Waals surface area contributed by atoms with E-state index in [0.29, 0.717) is 25.4 Å². The van der Waals surface area contributed by atoms with E-state index in [4.69, 9.17) is 9.15 Å². The monoisotopic (exact) mass is 238 g/mol. The minimum absolute atomic E-state index is 0.270. The van der Waals surface area contributed by atoms with Crippen LogP contribution in [-0.4, -0.2) is 6.61 Å². The summed E-state index contributed by atoms with van der Waals surface area (Å²) in [7, 11) is 0. The minimum atomic E-state index is -0.710. The van der Waals surface area contributed by atoms with Gasteiger partial charge in [-0.05, 0) is 17.7 Å². The zero-order chi connectivity index (χ0) is 12.1. The lowest BCUT2D eigenvalue weighted by Gasteiger charge is -2.02. The Morgan fingerprint density at radius 2 is 2.00 bits per heavy atom. The molecule has 0 bridgehead atoms. The van der Waals surface area contributed by atoms with E-state index in [9.17, 15) is 9.18 Å². The number of hydrogen-bond donors (Lipinski definition) is 0. The summed E-state index contributed by atoms with van der Waals surface area (Å²) >= 11 is 0. The summed E-state index contributed by atoms with van der Waals surface area (Å²) in [6.07, 6.45) is 1.73. The maximum Gasteiger partial charge on any atom is 0.518 e. The SMILES string of the molecule is O=c1occ(CCOCc2ccc(F)cc2)o1. The fourth-order valence-electron chi connectivity index (χ4n) is 1.32. The summed E-state index contributed by atoms with van der Waals surface area (Å²) in [6, 6.07) is 6.09. The Hall–Kier alpha value is -1.88. The minimum Gasteiger partial charge on any atom is -0.399 e. The first kappa shape index (κ1) is 11.6. The van der Waals surface area contributed by atoms with Crippen LogP contribution in [0.5, 0.6) is 0 Å². The highest BCUT2D eigenvalue weighted by Crippen LogP contribution is 2.05. The van der Waals surface area contributed by atoms with E-state index in [-0.39, 0.29) is 5.82 Å². The van der Waals surface area contributed by atoms with Gasteiger partial charge in [-0.1, -0.05) is 12.1 Å². The second-order valence-electron chi connectivity index (χ2n) is 3.48. The van der Waals surface area contributed by atoms with Gasteiger partial charge in [0, 0.05) is 6.42 Å². The maximum absolute atomic E-state index is 12.6. The molecule has 2 aromatic rings. The van der Waals surface area contributed by atoms with E-state index in [0.717, 1.165) is 5.56 Å². The molecule has 0 amide bonds. The van der Waals surface area contributed by atoms with Crippen molar-refractivity contribution in [3.63, 3.8) is 0 Å². The van der Waals surface area contributed by atoms with Gasteiger partial charge >= 0.3 is 5.82 Å². The Labute approximate surface area is 96.6 Å². The zero-order valence-corrected chi connectivity index (χ0v) is 9.02. The van der Waals surface area contributed by atoms with Crippen LogP contribution in [0.15, 0.2) is 44.2 Å². The van der Waals surface area contributed by atoms with Gasteiger partial charge in [0.25, 0.3) is 0 Å². The highest BCUT2D eigenvalue weighted by molar-refractivity contribution is 5.14. The van der Waals surface area contributed by atoms with Gasteiger partial charge in [-0.3, -0.25) is 0 Å². The van der Waals surface area contributed by atoms with Crippen LogP contribution in [0.3, 0.4) is 0 Å². The van der Waals surface area contributed by atoms with Crippen molar-refractivity contribution in [1.29, 1.82) is 0 Å². The first-order valence-corrected chi connectivity index (χ1v) is 5.14. The summed E-state index contributed by atoms with van der Waals surface area (Å²) in [4.78, 5) is 10.6. The molecule has 0 atom stereocenters. The summed E-state index contributed by atoms with van der Waals surface area (Å²) in [6.45, 7) is 0.794. The molecule has 0 saturated heterocycles. The van der Waals surface area contributed by atoms with Crippen LogP contribution in [-0.2, 0) is 17.8 Å². The van der Waals surface area contributed by atoms with E-state index in [1.807, 2.05) is 0 Å². The number of rotatable bonds is 5. The summed E-state index contributed by atoms with van der Waals surface area (Å²) in [5, 5.41) is 0. The lowest BCUT2D eigenvalue weighted by atomic mass is 10.2. The topological polar surface area (TPSA) is 52.6 Å². The van der Waals surface area contributed by atoms with Crippen LogP contribution < -0.4 is 5.82 Å². The molecular weight excluding hydrogens is 227 g/mol. The summed E-state index contributed by atoms with van der Waals surface area (Å²) < 4.78 is 27.1. The highest BCUT2D eigenvalue weighted by Gasteiger charge is 2.01.